The van der Waals surface area contributed by atoms with E-state index in [0.29, 0.717) is 0 Å². The molecule has 0 aromatic heterocycles. The molecule has 1 aliphatic rings. The second kappa shape index (κ2) is 4.84. The molecule has 1 aliphatic heterocycles. The minimum absolute atomic E-state index is 0.137. The fourth-order valence-electron chi connectivity index (χ4n) is 1.99. The van der Waals surface area contributed by atoms with Crippen LogP contribution in [0.15, 0.2) is 29.2 Å². The van der Waals surface area contributed by atoms with Crippen LogP contribution < -0.4 is 4.90 Å². The Morgan fingerprint density at radius 3 is 2.82 bits per heavy atom. The van der Waals surface area contributed by atoms with Crippen LogP contribution in [0, 0.1) is 0 Å². The molecule has 1 aromatic rings. The van der Waals surface area contributed by atoms with Gasteiger partial charge in [0.1, 0.15) is 0 Å². The van der Waals surface area contributed by atoms with Gasteiger partial charge in [0.15, 0.2) is 0 Å². The van der Waals surface area contributed by atoms with E-state index in [9.17, 15) is 8.42 Å². The highest BCUT2D eigenvalue weighted by molar-refractivity contribution is 8.13. The molecule has 1 atom stereocenters. The molecule has 1 fully saturated rings. The average molecular weight is 276 g/mol. The molecule has 1 saturated heterocycles. The highest BCUT2D eigenvalue weighted by atomic mass is 35.7. The van der Waals surface area contributed by atoms with Crippen molar-refractivity contribution < 1.29 is 13.2 Å². The SMILES string of the molecule is CO[C@H]1CCN(c2cccc(S(=O)(=O)Cl)c2)C1. The molecule has 0 N–H and O–H groups in total. The summed E-state index contributed by atoms with van der Waals surface area (Å²) in [5.41, 5.74) is 0.867. The van der Waals surface area contributed by atoms with Crippen LogP contribution in [0.25, 0.3) is 0 Å². The van der Waals surface area contributed by atoms with E-state index in [4.69, 9.17) is 15.4 Å². The Morgan fingerprint density at radius 2 is 2.24 bits per heavy atom. The molecule has 17 heavy (non-hydrogen) atoms. The van der Waals surface area contributed by atoms with E-state index in [-0.39, 0.29) is 11.0 Å². The molecule has 94 valence electrons. The quantitative estimate of drug-likeness (QED) is 0.790. The van der Waals surface area contributed by atoms with Crippen molar-refractivity contribution in [3.05, 3.63) is 24.3 Å². The van der Waals surface area contributed by atoms with Crippen LogP contribution in [0.2, 0.25) is 0 Å². The highest BCUT2D eigenvalue weighted by Crippen LogP contribution is 2.25. The van der Waals surface area contributed by atoms with Crippen molar-refractivity contribution >= 4 is 25.4 Å². The first kappa shape index (κ1) is 12.7. The third kappa shape index (κ3) is 2.91. The molecular formula is C11H14ClNO3S. The van der Waals surface area contributed by atoms with Gasteiger partial charge in [-0.25, -0.2) is 8.42 Å². The number of halogens is 1. The van der Waals surface area contributed by atoms with E-state index in [0.717, 1.165) is 25.2 Å². The molecule has 1 heterocycles. The topological polar surface area (TPSA) is 46.6 Å². The van der Waals surface area contributed by atoms with Crippen molar-refractivity contribution in [2.45, 2.75) is 17.4 Å². The van der Waals surface area contributed by atoms with Gasteiger partial charge in [-0.15, -0.1) is 0 Å². The molecule has 0 saturated carbocycles. The predicted octanol–water partition coefficient (Wildman–Crippen LogP) is 1.84. The number of anilines is 1. The van der Waals surface area contributed by atoms with Crippen LogP contribution in [0.1, 0.15) is 6.42 Å². The molecule has 0 aliphatic carbocycles. The van der Waals surface area contributed by atoms with E-state index in [1.807, 2.05) is 6.07 Å². The first-order valence-corrected chi connectivity index (χ1v) is 7.64. The van der Waals surface area contributed by atoms with Gasteiger partial charge in [-0.05, 0) is 24.6 Å². The Kier molecular flexibility index (Phi) is 3.61. The maximum absolute atomic E-state index is 11.2. The fourth-order valence-corrected chi connectivity index (χ4v) is 2.78. The van der Waals surface area contributed by atoms with Crippen LogP contribution in [0.5, 0.6) is 0 Å². The highest BCUT2D eigenvalue weighted by Gasteiger charge is 2.23. The smallest absolute Gasteiger partial charge is 0.261 e. The fraction of sp³-hybridized carbons (Fsp3) is 0.455. The normalized spacial score (nSPS) is 20.8. The molecule has 0 amide bonds. The summed E-state index contributed by atoms with van der Waals surface area (Å²) >= 11 is 0. The van der Waals surface area contributed by atoms with Gasteiger partial charge < -0.3 is 9.64 Å². The maximum Gasteiger partial charge on any atom is 0.261 e. The van der Waals surface area contributed by atoms with Gasteiger partial charge in [0, 0.05) is 36.6 Å². The lowest BCUT2D eigenvalue weighted by Gasteiger charge is -2.18. The summed E-state index contributed by atoms with van der Waals surface area (Å²) in [5, 5.41) is 0. The van der Waals surface area contributed by atoms with Crippen LogP contribution >= 0.6 is 10.7 Å². The number of rotatable bonds is 3. The maximum atomic E-state index is 11.2. The lowest BCUT2D eigenvalue weighted by atomic mass is 10.3. The van der Waals surface area contributed by atoms with Gasteiger partial charge >= 0.3 is 0 Å². The van der Waals surface area contributed by atoms with Crippen molar-refractivity contribution in [2.24, 2.45) is 0 Å². The molecule has 0 spiro atoms. The van der Waals surface area contributed by atoms with Crippen LogP contribution in [-0.2, 0) is 13.8 Å². The summed E-state index contributed by atoms with van der Waals surface area (Å²) in [5.74, 6) is 0. The van der Waals surface area contributed by atoms with Gasteiger partial charge in [-0.3, -0.25) is 0 Å². The van der Waals surface area contributed by atoms with Crippen molar-refractivity contribution in [3.8, 4) is 0 Å². The van der Waals surface area contributed by atoms with E-state index >= 15 is 0 Å². The zero-order valence-electron chi connectivity index (χ0n) is 9.47. The first-order chi connectivity index (χ1) is 8.00. The zero-order chi connectivity index (χ0) is 12.5. The summed E-state index contributed by atoms with van der Waals surface area (Å²) in [6, 6.07) is 6.67. The lowest BCUT2D eigenvalue weighted by molar-refractivity contribution is 0.121. The van der Waals surface area contributed by atoms with E-state index in [2.05, 4.69) is 4.90 Å². The number of nitrogens with zero attached hydrogens (tertiary/aromatic N) is 1. The first-order valence-electron chi connectivity index (χ1n) is 5.33. The Morgan fingerprint density at radius 1 is 1.47 bits per heavy atom. The summed E-state index contributed by atoms with van der Waals surface area (Å²) in [4.78, 5) is 2.23. The van der Waals surface area contributed by atoms with E-state index < -0.39 is 9.05 Å². The van der Waals surface area contributed by atoms with Crippen molar-refractivity contribution in [2.75, 3.05) is 25.1 Å². The molecule has 0 unspecified atom stereocenters. The summed E-state index contributed by atoms with van der Waals surface area (Å²) < 4.78 is 27.8. The Hall–Kier alpha value is -0.780. The van der Waals surface area contributed by atoms with Crippen molar-refractivity contribution in [1.82, 2.24) is 0 Å². The molecular weight excluding hydrogens is 262 g/mol. The monoisotopic (exact) mass is 275 g/mol. The molecule has 1 aromatic carbocycles. The number of benzene rings is 1. The van der Waals surface area contributed by atoms with Crippen LogP contribution in [0.3, 0.4) is 0 Å². The summed E-state index contributed by atoms with van der Waals surface area (Å²) in [6.07, 6.45) is 1.17. The minimum Gasteiger partial charge on any atom is -0.380 e. The van der Waals surface area contributed by atoms with Gasteiger partial charge in [0.2, 0.25) is 0 Å². The number of hydrogen-bond acceptors (Lipinski definition) is 4. The standard InChI is InChI=1S/C11H14ClNO3S/c1-16-10-5-6-13(8-10)9-3-2-4-11(7-9)17(12,14)15/h2-4,7,10H,5-6,8H2,1H3/t10-/m0/s1. The number of ether oxygens (including phenoxy) is 1. The molecule has 0 radical (unpaired) electrons. The average Bonchev–Trinajstić information content (AvgIpc) is 2.76. The van der Waals surface area contributed by atoms with E-state index in [1.165, 1.54) is 6.07 Å². The van der Waals surface area contributed by atoms with E-state index in [1.54, 1.807) is 19.2 Å². The third-order valence-electron chi connectivity index (χ3n) is 2.94. The van der Waals surface area contributed by atoms with Crippen molar-refractivity contribution in [1.29, 1.82) is 0 Å². The Labute approximate surface area is 106 Å². The molecule has 0 bridgehead atoms. The van der Waals surface area contributed by atoms with Gasteiger partial charge in [0.05, 0.1) is 11.0 Å². The zero-order valence-corrected chi connectivity index (χ0v) is 11.0. The largest absolute Gasteiger partial charge is 0.380 e. The van der Waals surface area contributed by atoms with Gasteiger partial charge in [-0.1, -0.05) is 6.07 Å². The van der Waals surface area contributed by atoms with Crippen LogP contribution in [0.4, 0.5) is 5.69 Å². The summed E-state index contributed by atoms with van der Waals surface area (Å²) in [7, 11) is 3.35. The second-order valence-electron chi connectivity index (χ2n) is 4.03. The van der Waals surface area contributed by atoms with Gasteiger partial charge in [0.25, 0.3) is 9.05 Å². The third-order valence-corrected chi connectivity index (χ3v) is 4.29. The second-order valence-corrected chi connectivity index (χ2v) is 6.59. The molecule has 2 rings (SSSR count). The lowest BCUT2D eigenvalue weighted by Crippen LogP contribution is -2.22. The van der Waals surface area contributed by atoms with Crippen molar-refractivity contribution in [3.63, 3.8) is 0 Å². The van der Waals surface area contributed by atoms with Crippen LogP contribution in [-0.4, -0.2) is 34.7 Å². The number of hydrogen-bond donors (Lipinski definition) is 0. The predicted molar refractivity (Wildman–Crippen MR) is 67.1 cm³/mol. The Balaban J connectivity index is 2.23. The molecule has 4 nitrogen and oxygen atoms in total. The minimum atomic E-state index is -3.66. The summed E-state index contributed by atoms with van der Waals surface area (Å²) in [6.45, 7) is 1.65. The molecule has 6 heteroatoms. The number of methoxy groups -OCH3 is 1. The Bertz CT molecular complexity index is 503. The van der Waals surface area contributed by atoms with Gasteiger partial charge in [-0.2, -0.15) is 0 Å².